The van der Waals surface area contributed by atoms with Gasteiger partial charge in [0.2, 0.25) is 0 Å². The van der Waals surface area contributed by atoms with E-state index in [9.17, 15) is 13.0 Å². The third kappa shape index (κ3) is 7.96. The van der Waals surface area contributed by atoms with Crippen molar-refractivity contribution in [3.63, 3.8) is 0 Å². The van der Waals surface area contributed by atoms with E-state index in [0.29, 0.717) is 29.4 Å². The van der Waals surface area contributed by atoms with Gasteiger partial charge < -0.3 is 4.52 Å². The first kappa shape index (κ1) is 24.3. The predicted octanol–water partition coefficient (Wildman–Crippen LogP) is 6.30. The van der Waals surface area contributed by atoms with Gasteiger partial charge in [-0.25, -0.2) is 4.57 Å². The van der Waals surface area contributed by atoms with Crippen LogP contribution in [0.1, 0.15) is 32.3 Å². The van der Waals surface area contributed by atoms with Crippen molar-refractivity contribution in [3.8, 4) is 5.75 Å². The SMILES string of the molecule is CCCOP(=O)(Oc1ccc(S(=O)(=O)OCc2ccc(Cl)cc2)cc1)SCCC. The van der Waals surface area contributed by atoms with Gasteiger partial charge in [0.25, 0.3) is 10.1 Å². The summed E-state index contributed by atoms with van der Waals surface area (Å²) in [5.41, 5.74) is 0.680. The molecule has 0 saturated carbocycles. The zero-order valence-corrected chi connectivity index (χ0v) is 19.5. The standard InChI is InChI=1S/C19H24ClO6PS2/c1-3-13-24-27(21,28-14-4-2)26-18-9-11-19(12-10-18)29(22,23)25-15-16-5-7-17(20)8-6-16/h5-12H,3-4,13-15H2,1-2H3. The van der Waals surface area contributed by atoms with E-state index in [4.69, 9.17) is 24.8 Å². The third-order valence-corrected chi connectivity index (χ3v) is 8.94. The smallest absolute Gasteiger partial charge is 0.417 e. The van der Waals surface area contributed by atoms with Crippen molar-refractivity contribution in [3.05, 3.63) is 59.1 Å². The van der Waals surface area contributed by atoms with Crippen molar-refractivity contribution in [2.75, 3.05) is 12.4 Å². The Bertz CT molecular complexity index is 905. The van der Waals surface area contributed by atoms with Crippen molar-refractivity contribution in [1.29, 1.82) is 0 Å². The number of benzene rings is 2. The molecular weight excluding hydrogens is 455 g/mol. The third-order valence-electron chi connectivity index (χ3n) is 3.53. The van der Waals surface area contributed by atoms with Gasteiger partial charge in [0.15, 0.2) is 0 Å². The molecule has 1 atom stereocenters. The Morgan fingerprint density at radius 2 is 1.66 bits per heavy atom. The van der Waals surface area contributed by atoms with Crippen LogP contribution in [0.3, 0.4) is 0 Å². The van der Waals surface area contributed by atoms with Gasteiger partial charge in [-0.15, -0.1) is 0 Å². The molecule has 0 N–H and O–H groups in total. The highest BCUT2D eigenvalue weighted by Gasteiger charge is 2.27. The average Bonchev–Trinajstić information content (AvgIpc) is 2.71. The van der Waals surface area contributed by atoms with Crippen molar-refractivity contribution in [2.24, 2.45) is 0 Å². The monoisotopic (exact) mass is 478 g/mol. The summed E-state index contributed by atoms with van der Waals surface area (Å²) in [5, 5.41) is 0.560. The molecule has 0 aromatic heterocycles. The van der Waals surface area contributed by atoms with E-state index in [1.165, 1.54) is 24.3 Å². The zero-order chi connectivity index (χ0) is 21.3. The second-order valence-corrected chi connectivity index (χ2v) is 12.2. The highest BCUT2D eigenvalue weighted by Crippen LogP contribution is 2.60. The van der Waals surface area contributed by atoms with Crippen LogP contribution in [-0.2, 0) is 30.0 Å². The Hall–Kier alpha value is -1.02. The van der Waals surface area contributed by atoms with Gasteiger partial charge in [-0.3, -0.25) is 8.71 Å². The Morgan fingerprint density at radius 3 is 2.24 bits per heavy atom. The van der Waals surface area contributed by atoms with Gasteiger partial charge in [-0.1, -0.05) is 37.6 Å². The molecule has 29 heavy (non-hydrogen) atoms. The van der Waals surface area contributed by atoms with Crippen LogP contribution in [-0.4, -0.2) is 20.8 Å². The molecule has 160 valence electrons. The Balaban J connectivity index is 2.05. The molecule has 2 aromatic carbocycles. The van der Waals surface area contributed by atoms with Gasteiger partial charge in [-0.2, -0.15) is 8.42 Å². The van der Waals surface area contributed by atoms with Crippen LogP contribution >= 0.6 is 29.8 Å². The molecule has 0 aliphatic heterocycles. The highest BCUT2D eigenvalue weighted by atomic mass is 35.5. The summed E-state index contributed by atoms with van der Waals surface area (Å²) in [6.45, 7) is 0.739. The second kappa shape index (κ2) is 11.4. The van der Waals surface area contributed by atoms with E-state index in [1.807, 2.05) is 13.8 Å². The Kier molecular flexibility index (Phi) is 9.53. The lowest BCUT2D eigenvalue weighted by Gasteiger charge is -2.18. The molecule has 0 radical (unpaired) electrons. The molecule has 0 aliphatic carbocycles. The van der Waals surface area contributed by atoms with Crippen LogP contribution < -0.4 is 4.52 Å². The minimum Gasteiger partial charge on any atom is -0.417 e. The van der Waals surface area contributed by atoms with Crippen LogP contribution in [0.5, 0.6) is 5.75 Å². The van der Waals surface area contributed by atoms with E-state index in [-0.39, 0.29) is 17.3 Å². The molecule has 0 aliphatic rings. The lowest BCUT2D eigenvalue weighted by Crippen LogP contribution is -2.06. The fraction of sp³-hybridized carbons (Fsp3) is 0.368. The number of halogens is 1. The Labute approximate surface area is 181 Å². The first-order valence-corrected chi connectivity index (χ1v) is 14.0. The van der Waals surface area contributed by atoms with E-state index >= 15 is 0 Å². The van der Waals surface area contributed by atoms with Gasteiger partial charge in [0.1, 0.15) is 5.75 Å². The zero-order valence-electron chi connectivity index (χ0n) is 16.2. The summed E-state index contributed by atoms with van der Waals surface area (Å²) in [7, 11) is -3.95. The molecule has 6 nitrogen and oxygen atoms in total. The topological polar surface area (TPSA) is 78.9 Å². The molecule has 1 unspecified atom stereocenters. The van der Waals surface area contributed by atoms with E-state index < -0.39 is 16.9 Å². The maximum atomic E-state index is 12.8. The summed E-state index contributed by atoms with van der Waals surface area (Å²) in [4.78, 5) is -0.0238. The predicted molar refractivity (Wildman–Crippen MR) is 117 cm³/mol. The normalized spacial score (nSPS) is 13.8. The minimum atomic E-state index is -3.95. The van der Waals surface area contributed by atoms with E-state index in [0.717, 1.165) is 17.8 Å². The van der Waals surface area contributed by atoms with Crippen LogP contribution in [0.4, 0.5) is 0 Å². The van der Waals surface area contributed by atoms with E-state index in [2.05, 4.69) is 0 Å². The molecule has 0 fully saturated rings. The van der Waals surface area contributed by atoms with Crippen LogP contribution in [0.2, 0.25) is 5.02 Å². The van der Waals surface area contributed by atoms with Gasteiger partial charge >= 0.3 is 6.80 Å². The molecule has 0 amide bonds. The quantitative estimate of drug-likeness (QED) is 0.261. The molecule has 0 saturated heterocycles. The average molecular weight is 479 g/mol. The van der Waals surface area contributed by atoms with Gasteiger partial charge in [-0.05, 0) is 66.2 Å². The minimum absolute atomic E-state index is 0.0238. The van der Waals surface area contributed by atoms with Gasteiger partial charge in [0, 0.05) is 10.8 Å². The first-order chi connectivity index (χ1) is 13.8. The van der Waals surface area contributed by atoms with Crippen LogP contribution in [0, 0.1) is 0 Å². The summed E-state index contributed by atoms with van der Waals surface area (Å²) < 4.78 is 53.7. The lowest BCUT2D eigenvalue weighted by molar-refractivity contribution is 0.280. The number of rotatable bonds is 12. The molecule has 0 bridgehead atoms. The molecule has 0 heterocycles. The van der Waals surface area contributed by atoms with Crippen molar-refractivity contribution in [2.45, 2.75) is 38.2 Å². The maximum Gasteiger partial charge on any atom is 0.440 e. The lowest BCUT2D eigenvalue weighted by atomic mass is 10.2. The number of hydrogen-bond donors (Lipinski definition) is 0. The molecule has 2 rings (SSSR count). The van der Waals surface area contributed by atoms with Crippen LogP contribution in [0.25, 0.3) is 0 Å². The van der Waals surface area contributed by atoms with E-state index in [1.54, 1.807) is 24.3 Å². The molecule has 2 aromatic rings. The molecular formula is C19H24ClO6PS2. The highest BCUT2D eigenvalue weighted by molar-refractivity contribution is 8.55. The van der Waals surface area contributed by atoms with Crippen molar-refractivity contribution < 1.29 is 26.2 Å². The Morgan fingerprint density at radius 1 is 1.00 bits per heavy atom. The molecule has 10 heteroatoms. The second-order valence-electron chi connectivity index (χ2n) is 6.02. The summed E-state index contributed by atoms with van der Waals surface area (Å²) in [6, 6.07) is 12.3. The first-order valence-electron chi connectivity index (χ1n) is 9.10. The summed E-state index contributed by atoms with van der Waals surface area (Å²) in [5.74, 6) is 0.899. The fourth-order valence-corrected chi connectivity index (χ4v) is 6.56. The maximum absolute atomic E-state index is 12.8. The summed E-state index contributed by atoms with van der Waals surface area (Å²) >= 11 is 6.95. The fourth-order valence-electron chi connectivity index (χ4n) is 2.09. The van der Waals surface area contributed by atoms with Gasteiger partial charge in [0.05, 0.1) is 18.1 Å². The van der Waals surface area contributed by atoms with Crippen molar-refractivity contribution >= 4 is 39.9 Å². The number of hydrogen-bond acceptors (Lipinski definition) is 7. The summed E-state index contributed by atoms with van der Waals surface area (Å²) in [6.07, 6.45) is 1.54. The van der Waals surface area contributed by atoms with Crippen molar-refractivity contribution in [1.82, 2.24) is 0 Å². The van der Waals surface area contributed by atoms with Crippen LogP contribution in [0.15, 0.2) is 53.4 Å². The largest absolute Gasteiger partial charge is 0.440 e. The molecule has 0 spiro atoms.